The van der Waals surface area contributed by atoms with Crippen LogP contribution in [0.1, 0.15) is 48.4 Å². The smallest absolute Gasteiger partial charge is 0.253 e. The van der Waals surface area contributed by atoms with E-state index in [4.69, 9.17) is 5.73 Å². The lowest BCUT2D eigenvalue weighted by Crippen LogP contribution is -2.53. The van der Waals surface area contributed by atoms with Gasteiger partial charge in [0.15, 0.2) is 0 Å². The predicted molar refractivity (Wildman–Crippen MR) is 77.2 cm³/mol. The monoisotopic (exact) mass is 263 g/mol. The summed E-state index contributed by atoms with van der Waals surface area (Å²) in [6.07, 6.45) is 2.34. The fourth-order valence-corrected chi connectivity index (χ4v) is 2.88. The third-order valence-electron chi connectivity index (χ3n) is 4.44. The van der Waals surface area contributed by atoms with Crippen LogP contribution in [0.2, 0.25) is 0 Å². The van der Waals surface area contributed by atoms with E-state index >= 15 is 0 Å². The van der Waals surface area contributed by atoms with Gasteiger partial charge in [-0.3, -0.25) is 4.79 Å². The summed E-state index contributed by atoms with van der Waals surface area (Å²) in [5.41, 5.74) is 8.54. The maximum Gasteiger partial charge on any atom is 0.253 e. The van der Waals surface area contributed by atoms with Crippen LogP contribution < -0.4 is 11.1 Å². The Bertz CT molecular complexity index is 488. The van der Waals surface area contributed by atoms with Crippen LogP contribution in [0.15, 0.2) is 6.07 Å². The molecule has 1 saturated carbocycles. The van der Waals surface area contributed by atoms with Crippen LogP contribution in [-0.2, 0) is 6.54 Å². The van der Waals surface area contributed by atoms with Crippen molar-refractivity contribution < 1.29 is 4.79 Å². The Labute approximate surface area is 115 Å². The van der Waals surface area contributed by atoms with Gasteiger partial charge in [0.2, 0.25) is 0 Å². The molecule has 1 aromatic rings. The lowest BCUT2D eigenvalue weighted by Gasteiger charge is -2.29. The molecule has 0 bridgehead atoms. The fourth-order valence-electron chi connectivity index (χ4n) is 2.88. The fraction of sp³-hybridized carbons (Fsp3) is 0.667. The van der Waals surface area contributed by atoms with Gasteiger partial charge in [0.25, 0.3) is 5.91 Å². The number of carbonyl (C=O) groups is 1. The number of hydrogen-bond donors (Lipinski definition) is 2. The van der Waals surface area contributed by atoms with Crippen molar-refractivity contribution in [2.45, 2.75) is 52.6 Å². The van der Waals surface area contributed by atoms with Crippen molar-refractivity contribution in [3.63, 3.8) is 0 Å². The molecule has 0 saturated heterocycles. The molecular formula is C15H25N3O. The Morgan fingerprint density at radius 1 is 1.53 bits per heavy atom. The summed E-state index contributed by atoms with van der Waals surface area (Å²) < 4.78 is 2.16. The van der Waals surface area contributed by atoms with Gasteiger partial charge in [-0.2, -0.15) is 0 Å². The molecule has 1 fully saturated rings. The molecule has 3 N–H and O–H groups in total. The molecular weight excluding hydrogens is 238 g/mol. The zero-order valence-corrected chi connectivity index (χ0v) is 12.4. The van der Waals surface area contributed by atoms with Crippen LogP contribution in [0, 0.1) is 19.8 Å². The third kappa shape index (κ3) is 2.54. The molecule has 0 aromatic carbocycles. The molecule has 4 nitrogen and oxygen atoms in total. The number of nitrogens with one attached hydrogen (secondary N) is 1. The van der Waals surface area contributed by atoms with Crippen molar-refractivity contribution in [3.05, 3.63) is 23.0 Å². The molecule has 1 heterocycles. The maximum absolute atomic E-state index is 12.5. The number of nitrogens with two attached hydrogens (primary N) is 1. The number of hydrogen-bond acceptors (Lipinski definition) is 2. The summed E-state index contributed by atoms with van der Waals surface area (Å²) in [7, 11) is 0. The van der Waals surface area contributed by atoms with E-state index in [1.807, 2.05) is 19.9 Å². The van der Waals surface area contributed by atoms with Gasteiger partial charge in [0.05, 0.1) is 11.1 Å². The highest BCUT2D eigenvalue weighted by Gasteiger charge is 2.41. The lowest BCUT2D eigenvalue weighted by molar-refractivity contribution is 0.0897. The van der Waals surface area contributed by atoms with Crippen LogP contribution in [0.25, 0.3) is 0 Å². The second-order valence-electron chi connectivity index (χ2n) is 5.88. The summed E-state index contributed by atoms with van der Waals surface area (Å²) in [4.78, 5) is 12.5. The molecule has 1 aliphatic carbocycles. The third-order valence-corrected chi connectivity index (χ3v) is 4.44. The Balaban J connectivity index is 2.20. The number of aromatic nitrogens is 1. The zero-order chi connectivity index (χ0) is 14.2. The Hall–Kier alpha value is -1.29. The maximum atomic E-state index is 12.5. The summed E-state index contributed by atoms with van der Waals surface area (Å²) >= 11 is 0. The van der Waals surface area contributed by atoms with E-state index in [-0.39, 0.29) is 11.4 Å². The normalized spacial score (nSPS) is 18.2. The summed E-state index contributed by atoms with van der Waals surface area (Å²) in [6.45, 7) is 9.58. The number of amides is 1. The molecule has 1 aliphatic rings. The molecule has 0 spiro atoms. The van der Waals surface area contributed by atoms with E-state index in [2.05, 4.69) is 23.7 Å². The minimum absolute atomic E-state index is 0.00708. The molecule has 2 rings (SSSR count). The highest BCUT2D eigenvalue weighted by atomic mass is 16.1. The van der Waals surface area contributed by atoms with Crippen molar-refractivity contribution in [1.29, 1.82) is 0 Å². The highest BCUT2D eigenvalue weighted by molar-refractivity contribution is 5.96. The van der Waals surface area contributed by atoms with Crippen LogP contribution in [0.3, 0.4) is 0 Å². The SMILES string of the molecule is CCn1c(C)cc(C(=O)NC(C)(CN)C2CC2)c1C. The van der Waals surface area contributed by atoms with Crippen LogP contribution in [-0.4, -0.2) is 22.6 Å². The summed E-state index contributed by atoms with van der Waals surface area (Å²) in [5, 5.41) is 3.15. The first-order chi connectivity index (χ1) is 8.92. The van der Waals surface area contributed by atoms with Gasteiger partial charge in [-0.05, 0) is 52.5 Å². The van der Waals surface area contributed by atoms with E-state index in [1.165, 1.54) is 12.8 Å². The summed E-state index contributed by atoms with van der Waals surface area (Å²) in [6, 6.07) is 1.97. The van der Waals surface area contributed by atoms with Crippen molar-refractivity contribution in [3.8, 4) is 0 Å². The number of carbonyl (C=O) groups excluding carboxylic acids is 1. The number of nitrogens with zero attached hydrogens (tertiary/aromatic N) is 1. The Kier molecular flexibility index (Phi) is 3.72. The predicted octanol–water partition coefficient (Wildman–Crippen LogP) is 1.98. The van der Waals surface area contributed by atoms with E-state index in [0.29, 0.717) is 12.5 Å². The number of rotatable bonds is 5. The Morgan fingerprint density at radius 3 is 2.58 bits per heavy atom. The van der Waals surface area contributed by atoms with Gasteiger partial charge >= 0.3 is 0 Å². The minimum atomic E-state index is -0.258. The second-order valence-corrected chi connectivity index (χ2v) is 5.88. The van der Waals surface area contributed by atoms with Crippen molar-refractivity contribution >= 4 is 5.91 Å². The van der Waals surface area contributed by atoms with Gasteiger partial charge in [-0.25, -0.2) is 0 Å². The molecule has 4 heteroatoms. The first-order valence-corrected chi connectivity index (χ1v) is 7.12. The Morgan fingerprint density at radius 2 is 2.16 bits per heavy atom. The quantitative estimate of drug-likeness (QED) is 0.853. The van der Waals surface area contributed by atoms with Gasteiger partial charge in [0, 0.05) is 24.5 Å². The minimum Gasteiger partial charge on any atom is -0.349 e. The van der Waals surface area contributed by atoms with E-state index in [1.54, 1.807) is 0 Å². The first kappa shape index (κ1) is 14.1. The van der Waals surface area contributed by atoms with E-state index < -0.39 is 0 Å². The average molecular weight is 263 g/mol. The van der Waals surface area contributed by atoms with Gasteiger partial charge < -0.3 is 15.6 Å². The lowest BCUT2D eigenvalue weighted by atomic mass is 9.95. The molecule has 1 unspecified atom stereocenters. The molecule has 19 heavy (non-hydrogen) atoms. The topological polar surface area (TPSA) is 60.0 Å². The van der Waals surface area contributed by atoms with E-state index in [9.17, 15) is 4.79 Å². The largest absolute Gasteiger partial charge is 0.349 e. The highest BCUT2D eigenvalue weighted by Crippen LogP contribution is 2.39. The average Bonchev–Trinajstić information content (AvgIpc) is 3.17. The molecule has 0 radical (unpaired) electrons. The van der Waals surface area contributed by atoms with Crippen molar-refractivity contribution in [2.75, 3.05) is 6.54 Å². The van der Waals surface area contributed by atoms with Crippen LogP contribution in [0.5, 0.6) is 0 Å². The van der Waals surface area contributed by atoms with Crippen LogP contribution in [0.4, 0.5) is 0 Å². The van der Waals surface area contributed by atoms with Crippen molar-refractivity contribution in [2.24, 2.45) is 11.7 Å². The number of aryl methyl sites for hydroxylation is 1. The first-order valence-electron chi connectivity index (χ1n) is 7.12. The molecule has 0 aliphatic heterocycles. The van der Waals surface area contributed by atoms with Crippen molar-refractivity contribution in [1.82, 2.24) is 9.88 Å². The molecule has 1 aromatic heterocycles. The van der Waals surface area contributed by atoms with Gasteiger partial charge in [-0.1, -0.05) is 0 Å². The van der Waals surface area contributed by atoms with Gasteiger partial charge in [-0.15, -0.1) is 0 Å². The van der Waals surface area contributed by atoms with Crippen LogP contribution >= 0.6 is 0 Å². The zero-order valence-electron chi connectivity index (χ0n) is 12.4. The van der Waals surface area contributed by atoms with Gasteiger partial charge in [0.1, 0.15) is 0 Å². The summed E-state index contributed by atoms with van der Waals surface area (Å²) in [5.74, 6) is 0.545. The molecule has 1 amide bonds. The van der Waals surface area contributed by atoms with E-state index in [0.717, 1.165) is 23.5 Å². The molecule has 106 valence electrons. The standard InChI is InChI=1S/C15H25N3O/c1-5-18-10(2)8-13(11(18)3)14(19)17-15(4,9-16)12-6-7-12/h8,12H,5-7,9,16H2,1-4H3,(H,17,19). The molecule has 1 atom stereocenters. The second kappa shape index (κ2) is 5.00.